The lowest BCUT2D eigenvalue weighted by atomic mass is 10.2. The molecule has 3 aromatic rings. The molecule has 0 radical (unpaired) electrons. The van der Waals surface area contributed by atoms with Crippen LogP contribution in [0.4, 0.5) is 35.3 Å². The Kier molecular flexibility index (Phi) is 7.10. The van der Waals surface area contributed by atoms with Gasteiger partial charge in [0.1, 0.15) is 17.8 Å². The molecule has 15 heteroatoms. The number of carbonyl (C=O) groups is 2. The minimum Gasteiger partial charge on any atom is -0.444 e. The molecule has 3 aromatic heterocycles. The summed E-state index contributed by atoms with van der Waals surface area (Å²) in [5.41, 5.74) is 0.428. The van der Waals surface area contributed by atoms with E-state index < -0.39 is 24.7 Å². The zero-order valence-electron chi connectivity index (χ0n) is 19.2. The van der Waals surface area contributed by atoms with Crippen LogP contribution in [0.2, 0.25) is 0 Å². The third-order valence-corrected chi connectivity index (χ3v) is 5.14. The molecule has 3 amide bonds. The predicted molar refractivity (Wildman–Crippen MR) is 121 cm³/mol. The topological polar surface area (TPSA) is 142 Å². The number of amides is 3. The van der Waals surface area contributed by atoms with E-state index >= 15 is 0 Å². The van der Waals surface area contributed by atoms with Crippen molar-refractivity contribution in [2.45, 2.75) is 25.7 Å². The van der Waals surface area contributed by atoms with Gasteiger partial charge in [-0.05, 0) is 19.1 Å². The van der Waals surface area contributed by atoms with Gasteiger partial charge in [-0.15, -0.1) is 0 Å². The number of hydrogen-bond donors (Lipinski definition) is 3. The second kappa shape index (κ2) is 10.2. The lowest BCUT2D eigenvalue weighted by molar-refractivity contribution is 0.0648. The number of β-amino-alcohol motifs (C(OH)–C–C–N with tert-alkyl or cyclic N) is 1. The summed E-state index contributed by atoms with van der Waals surface area (Å²) in [6.45, 7) is 2.47. The van der Waals surface area contributed by atoms with Crippen molar-refractivity contribution in [2.75, 3.05) is 35.2 Å². The summed E-state index contributed by atoms with van der Waals surface area (Å²) in [5, 5.41) is 18.5. The zero-order valence-corrected chi connectivity index (χ0v) is 19.2. The van der Waals surface area contributed by atoms with E-state index in [9.17, 15) is 27.9 Å². The normalized spacial score (nSPS) is 15.5. The third-order valence-electron chi connectivity index (χ3n) is 5.14. The minimum atomic E-state index is -3.23. The number of urea groups is 1. The molecular weight excluding hydrogens is 485 g/mol. The quantitative estimate of drug-likeness (QED) is 0.374. The van der Waals surface area contributed by atoms with Gasteiger partial charge in [0.2, 0.25) is 12.2 Å². The average molecular weight is 508 g/mol. The molecule has 1 fully saturated rings. The highest BCUT2D eigenvalue weighted by atomic mass is 19.3. The van der Waals surface area contributed by atoms with Crippen molar-refractivity contribution in [1.29, 1.82) is 0 Å². The Morgan fingerprint density at radius 1 is 1.31 bits per heavy atom. The maximum atomic E-state index is 13.3. The van der Waals surface area contributed by atoms with Crippen LogP contribution in [0.15, 0.2) is 35.2 Å². The molecule has 1 aliphatic heterocycles. The number of oxazole rings is 1. The molecule has 2 unspecified atom stereocenters. The molecule has 4 rings (SSSR count). The van der Waals surface area contributed by atoms with Crippen LogP contribution in [-0.2, 0) is 7.05 Å². The summed E-state index contributed by atoms with van der Waals surface area (Å²) < 4.78 is 44.9. The molecule has 3 N–H and O–H groups in total. The van der Waals surface area contributed by atoms with Crippen LogP contribution in [0.3, 0.4) is 0 Å². The van der Waals surface area contributed by atoms with E-state index in [0.29, 0.717) is 13.1 Å². The van der Waals surface area contributed by atoms with Crippen LogP contribution in [0.25, 0.3) is 11.5 Å². The van der Waals surface area contributed by atoms with Crippen molar-refractivity contribution in [3.63, 3.8) is 0 Å². The number of aliphatic hydroxyl groups is 1. The molecular formula is C21H23F3N8O4. The van der Waals surface area contributed by atoms with Crippen molar-refractivity contribution in [1.82, 2.24) is 24.6 Å². The van der Waals surface area contributed by atoms with Crippen LogP contribution < -0.4 is 15.5 Å². The molecule has 192 valence electrons. The zero-order chi connectivity index (χ0) is 26.0. The summed E-state index contributed by atoms with van der Waals surface area (Å²) in [5.74, 6) is -0.602. The molecule has 0 spiro atoms. The van der Waals surface area contributed by atoms with Gasteiger partial charge in [-0.1, -0.05) is 0 Å². The fourth-order valence-electron chi connectivity index (χ4n) is 3.58. The van der Waals surface area contributed by atoms with E-state index in [1.54, 1.807) is 14.0 Å². The fraction of sp³-hybridized carbons (Fsp3) is 0.381. The van der Waals surface area contributed by atoms with Gasteiger partial charge in [0, 0.05) is 38.4 Å². The smallest absolute Gasteiger partial charge is 0.325 e. The van der Waals surface area contributed by atoms with Crippen molar-refractivity contribution >= 4 is 29.3 Å². The van der Waals surface area contributed by atoms with E-state index in [2.05, 4.69) is 20.4 Å². The number of aromatic nitrogens is 4. The van der Waals surface area contributed by atoms with Crippen molar-refractivity contribution in [3.8, 4) is 11.5 Å². The number of nitrogens with one attached hydrogen (secondary N) is 2. The van der Waals surface area contributed by atoms with Gasteiger partial charge in [-0.25, -0.2) is 27.9 Å². The molecule has 2 atom stereocenters. The Hall–Kier alpha value is -4.14. The third kappa shape index (κ3) is 5.40. The minimum absolute atomic E-state index is 0.0204. The fourth-order valence-corrected chi connectivity index (χ4v) is 3.58. The molecule has 36 heavy (non-hydrogen) atoms. The van der Waals surface area contributed by atoms with E-state index in [0.717, 1.165) is 6.26 Å². The molecule has 1 aliphatic rings. The Morgan fingerprint density at radius 2 is 2.08 bits per heavy atom. The Morgan fingerprint density at radius 3 is 2.81 bits per heavy atom. The summed E-state index contributed by atoms with van der Waals surface area (Å²) in [6, 6.07) is 2.35. The van der Waals surface area contributed by atoms with Crippen LogP contribution in [-0.4, -0.2) is 80.2 Å². The number of aliphatic hydroxyl groups excluding tert-OH is 1. The van der Waals surface area contributed by atoms with Crippen molar-refractivity contribution in [3.05, 3.63) is 36.5 Å². The van der Waals surface area contributed by atoms with Gasteiger partial charge in [-0.3, -0.25) is 14.4 Å². The van der Waals surface area contributed by atoms with E-state index in [4.69, 9.17) is 4.42 Å². The summed E-state index contributed by atoms with van der Waals surface area (Å²) in [4.78, 5) is 36.3. The first kappa shape index (κ1) is 25.0. The van der Waals surface area contributed by atoms with Crippen molar-refractivity contribution < 1.29 is 32.3 Å². The first-order valence-corrected chi connectivity index (χ1v) is 10.8. The second-order valence-electron chi connectivity index (χ2n) is 8.07. The van der Waals surface area contributed by atoms with Gasteiger partial charge in [0.25, 0.3) is 12.3 Å². The largest absolute Gasteiger partial charge is 0.444 e. The average Bonchev–Trinajstić information content (AvgIpc) is 3.53. The lowest BCUT2D eigenvalue weighted by Gasteiger charge is -2.19. The number of anilines is 3. The van der Waals surface area contributed by atoms with Gasteiger partial charge < -0.3 is 25.1 Å². The van der Waals surface area contributed by atoms with Crippen LogP contribution >= 0.6 is 0 Å². The first-order chi connectivity index (χ1) is 17.1. The van der Waals surface area contributed by atoms with Gasteiger partial charge >= 0.3 is 6.03 Å². The molecule has 0 aliphatic carbocycles. The molecule has 0 saturated carbocycles. The van der Waals surface area contributed by atoms with E-state index in [1.165, 1.54) is 39.0 Å². The number of alkyl halides is 3. The Labute approximate surface area is 202 Å². The lowest BCUT2D eigenvalue weighted by Crippen LogP contribution is -2.36. The highest BCUT2D eigenvalue weighted by Gasteiger charge is 2.33. The summed E-state index contributed by atoms with van der Waals surface area (Å²) in [6.07, 6.45) is -2.66. The van der Waals surface area contributed by atoms with Crippen molar-refractivity contribution in [2.24, 2.45) is 7.05 Å². The van der Waals surface area contributed by atoms with Gasteiger partial charge in [0.15, 0.2) is 11.5 Å². The number of hydrogen-bond acceptors (Lipinski definition) is 8. The van der Waals surface area contributed by atoms with Crippen LogP contribution in [0.5, 0.6) is 0 Å². The molecule has 12 nitrogen and oxygen atoms in total. The number of pyridine rings is 1. The highest BCUT2D eigenvalue weighted by Crippen LogP contribution is 2.28. The first-order valence-electron chi connectivity index (χ1n) is 10.8. The van der Waals surface area contributed by atoms with E-state index in [1.807, 2.05) is 5.32 Å². The number of halogens is 3. The number of carbonyl (C=O) groups excluding carboxylic acids is 2. The molecule has 0 aromatic carbocycles. The van der Waals surface area contributed by atoms with E-state index in [-0.39, 0.29) is 47.0 Å². The molecule has 1 saturated heterocycles. The summed E-state index contributed by atoms with van der Waals surface area (Å²) in [7, 11) is 1.63. The maximum absolute atomic E-state index is 13.3. The number of rotatable bonds is 9. The Bertz CT molecular complexity index is 1250. The number of nitrogens with zero attached hydrogens (tertiary/aromatic N) is 6. The van der Waals surface area contributed by atoms with Gasteiger partial charge in [0.05, 0.1) is 12.3 Å². The van der Waals surface area contributed by atoms with Gasteiger partial charge in [-0.2, -0.15) is 5.10 Å². The van der Waals surface area contributed by atoms with Crippen LogP contribution in [0.1, 0.15) is 17.4 Å². The maximum Gasteiger partial charge on any atom is 0.325 e. The standard InChI is InChI=1S/C21H23F3N8O4/c1-11(33)8-31-5-6-32(21(31)35)18-13(9-30(2)29-18)26-19(34)14-10-36-20(27-14)12-3-4-25-15(7-12)28-17(24)16(22)23/h3-4,7,9-11,16-17,33H,5-6,8H2,1-2H3,(H,25,28)(H,26,34). The monoisotopic (exact) mass is 508 g/mol. The van der Waals surface area contributed by atoms with Crippen LogP contribution in [0, 0.1) is 0 Å². The number of aryl methyl sites for hydroxylation is 1. The molecule has 0 bridgehead atoms. The SMILES string of the molecule is CC(O)CN1CCN(c2nn(C)cc2NC(=O)c2coc(-c3ccnc(NC(F)C(F)F)c3)n2)C1=O. The highest BCUT2D eigenvalue weighted by molar-refractivity contribution is 6.06. The predicted octanol–water partition coefficient (Wildman–Crippen LogP) is 2.32. The Balaban J connectivity index is 1.48. The second-order valence-corrected chi connectivity index (χ2v) is 8.07. The summed E-state index contributed by atoms with van der Waals surface area (Å²) >= 11 is 0. The molecule has 4 heterocycles.